The lowest BCUT2D eigenvalue weighted by Crippen LogP contribution is -2.36. The van der Waals surface area contributed by atoms with E-state index in [1.807, 2.05) is 0 Å². The van der Waals surface area contributed by atoms with Crippen LogP contribution in [0.5, 0.6) is 0 Å². The van der Waals surface area contributed by atoms with Crippen LogP contribution in [0.1, 0.15) is 78.9 Å². The van der Waals surface area contributed by atoms with Gasteiger partial charge in [0.05, 0.1) is 12.2 Å². The van der Waals surface area contributed by atoms with Crippen molar-refractivity contribution < 1.29 is 9.53 Å². The van der Waals surface area contributed by atoms with Crippen molar-refractivity contribution in [3.63, 3.8) is 0 Å². The summed E-state index contributed by atoms with van der Waals surface area (Å²) in [6.07, 6.45) is 9.81. The third kappa shape index (κ3) is 5.31. The predicted octanol–water partition coefficient (Wildman–Crippen LogP) is 4.61. The maximum Gasteiger partial charge on any atom is 0.269 e. The number of carbonyl (C=O) groups excluding carboxylic acids is 1. The third-order valence-corrected chi connectivity index (χ3v) is 7.95. The zero-order valence-corrected chi connectivity index (χ0v) is 21.0. The molecule has 2 aliphatic heterocycles. The van der Waals surface area contributed by atoms with Gasteiger partial charge in [0.25, 0.3) is 5.91 Å². The molecule has 0 saturated carbocycles. The van der Waals surface area contributed by atoms with Crippen molar-refractivity contribution in [3.05, 3.63) is 53.2 Å². The Kier molecular flexibility index (Phi) is 7.54. The summed E-state index contributed by atoms with van der Waals surface area (Å²) in [5.74, 6) is 1.56. The highest BCUT2D eigenvalue weighted by atomic mass is 16.5. The van der Waals surface area contributed by atoms with E-state index in [-0.39, 0.29) is 5.92 Å². The molecule has 3 N–H and O–H groups in total. The van der Waals surface area contributed by atoms with E-state index in [0.29, 0.717) is 5.69 Å². The number of hydrogen-bond donors (Lipinski definition) is 2. The molecule has 2 aromatic heterocycles. The van der Waals surface area contributed by atoms with Gasteiger partial charge in [0.2, 0.25) is 0 Å². The van der Waals surface area contributed by atoms with Gasteiger partial charge in [-0.1, -0.05) is 38.0 Å². The number of nitrogens with zero attached hydrogens (tertiary/aromatic N) is 3. The fourth-order valence-corrected chi connectivity index (χ4v) is 5.94. The number of ether oxygens (including phenoxy) is 1. The zero-order chi connectivity index (χ0) is 24.2. The first kappa shape index (κ1) is 24.1. The molecule has 1 atom stereocenters. The minimum absolute atomic E-state index is 0.215. The van der Waals surface area contributed by atoms with Crippen molar-refractivity contribution in [2.45, 2.75) is 70.9 Å². The van der Waals surface area contributed by atoms with E-state index in [0.717, 1.165) is 88.0 Å². The van der Waals surface area contributed by atoms with Gasteiger partial charge in [-0.05, 0) is 56.2 Å². The van der Waals surface area contributed by atoms with E-state index < -0.39 is 5.91 Å². The van der Waals surface area contributed by atoms with Crippen LogP contribution in [-0.2, 0) is 24.2 Å². The van der Waals surface area contributed by atoms with Crippen LogP contribution < -0.4 is 5.73 Å². The number of rotatable bonds is 10. The summed E-state index contributed by atoms with van der Waals surface area (Å²) in [7, 11) is 0. The van der Waals surface area contributed by atoms with E-state index in [9.17, 15) is 4.79 Å². The molecule has 1 unspecified atom stereocenters. The second kappa shape index (κ2) is 11.0. The molecule has 7 nitrogen and oxygen atoms in total. The van der Waals surface area contributed by atoms with Crippen LogP contribution in [0, 0.1) is 5.92 Å². The number of aromatic amines is 1. The number of H-pyrrole nitrogens is 1. The lowest BCUT2D eigenvalue weighted by atomic mass is 9.89. The van der Waals surface area contributed by atoms with Gasteiger partial charge in [0.15, 0.2) is 0 Å². The first-order valence-electron chi connectivity index (χ1n) is 13.4. The average molecular weight is 478 g/mol. The Morgan fingerprint density at radius 1 is 1.26 bits per heavy atom. The number of primary amides is 1. The summed E-state index contributed by atoms with van der Waals surface area (Å²) in [5, 5.41) is 1.26. The second-order valence-electron chi connectivity index (χ2n) is 10.3. The smallest absolute Gasteiger partial charge is 0.269 e. The van der Waals surface area contributed by atoms with Gasteiger partial charge >= 0.3 is 0 Å². The van der Waals surface area contributed by atoms with Crippen LogP contribution in [0.15, 0.2) is 30.5 Å². The number of aromatic nitrogens is 3. The van der Waals surface area contributed by atoms with E-state index in [4.69, 9.17) is 15.5 Å². The van der Waals surface area contributed by atoms with Crippen LogP contribution in [0.3, 0.4) is 0 Å². The van der Waals surface area contributed by atoms with Crippen LogP contribution in [0.25, 0.3) is 10.9 Å². The van der Waals surface area contributed by atoms with Gasteiger partial charge in [-0.3, -0.25) is 9.69 Å². The molecule has 1 fully saturated rings. The third-order valence-electron chi connectivity index (χ3n) is 7.95. The highest BCUT2D eigenvalue weighted by Gasteiger charge is 2.30. The Labute approximate surface area is 208 Å². The molecular formula is C28H39N5O2. The van der Waals surface area contributed by atoms with Crippen molar-refractivity contribution in [3.8, 4) is 0 Å². The molecule has 3 aromatic rings. The maximum absolute atomic E-state index is 12.6. The zero-order valence-electron chi connectivity index (χ0n) is 21.0. The molecule has 0 spiro atoms. The monoisotopic (exact) mass is 477 g/mol. The Morgan fingerprint density at radius 2 is 2.09 bits per heavy atom. The van der Waals surface area contributed by atoms with E-state index in [2.05, 4.69) is 51.8 Å². The topological polar surface area (TPSA) is 89.2 Å². The van der Waals surface area contributed by atoms with Crippen molar-refractivity contribution in [1.82, 2.24) is 19.4 Å². The molecule has 1 amide bonds. The summed E-state index contributed by atoms with van der Waals surface area (Å²) in [6.45, 7) is 7.75. The number of nitrogens with one attached hydrogen (secondary N) is 1. The summed E-state index contributed by atoms with van der Waals surface area (Å²) in [5.41, 5.74) is 9.88. The number of benzene rings is 1. The molecule has 0 radical (unpaired) electrons. The standard InChI is InChI=1S/C28H39N5O2/c1-2-3-6-21(17-22-18-30-24-8-5-4-7-23(22)24)27-26(28(29)34)31-25-19-32(13-14-33(25)27)12-9-20-10-15-35-16-11-20/h4-5,7-8,18,20-21,30H,2-3,6,9-17,19H2,1H3,(H2,29,34). The molecule has 0 bridgehead atoms. The largest absolute Gasteiger partial charge is 0.381 e. The predicted molar refractivity (Wildman–Crippen MR) is 138 cm³/mol. The number of imidazole rings is 1. The van der Waals surface area contributed by atoms with Crippen LogP contribution >= 0.6 is 0 Å². The van der Waals surface area contributed by atoms with Gasteiger partial charge in [-0.25, -0.2) is 4.98 Å². The molecule has 188 valence electrons. The normalized spacial score (nSPS) is 18.1. The van der Waals surface area contributed by atoms with Crippen LogP contribution in [-0.4, -0.2) is 51.6 Å². The van der Waals surface area contributed by atoms with E-state index >= 15 is 0 Å². The highest BCUT2D eigenvalue weighted by Crippen LogP contribution is 2.34. The number of carbonyl (C=O) groups is 1. The van der Waals surface area contributed by atoms with Crippen molar-refractivity contribution in [1.29, 1.82) is 0 Å². The number of nitrogens with two attached hydrogens (primary N) is 1. The van der Waals surface area contributed by atoms with Crippen LogP contribution in [0.2, 0.25) is 0 Å². The summed E-state index contributed by atoms with van der Waals surface area (Å²) < 4.78 is 7.83. The first-order chi connectivity index (χ1) is 17.1. The van der Waals surface area contributed by atoms with Crippen molar-refractivity contribution >= 4 is 16.8 Å². The molecule has 1 saturated heterocycles. The number of para-hydroxylation sites is 1. The molecular weight excluding hydrogens is 438 g/mol. The SMILES string of the molecule is CCCCC(Cc1c[nH]c2ccccc12)c1c(C(N)=O)nc2n1CCN(CCC1CCOCC1)C2. The molecule has 1 aromatic carbocycles. The summed E-state index contributed by atoms with van der Waals surface area (Å²) in [6, 6.07) is 8.44. The van der Waals surface area contributed by atoms with Gasteiger partial charge in [-0.2, -0.15) is 0 Å². The fourth-order valence-electron chi connectivity index (χ4n) is 5.94. The molecule has 4 heterocycles. The van der Waals surface area contributed by atoms with Crippen molar-refractivity contribution in [2.24, 2.45) is 11.7 Å². The Morgan fingerprint density at radius 3 is 2.89 bits per heavy atom. The maximum atomic E-state index is 12.6. The van der Waals surface area contributed by atoms with Crippen LogP contribution in [0.4, 0.5) is 0 Å². The highest BCUT2D eigenvalue weighted by molar-refractivity contribution is 5.92. The molecule has 0 aliphatic carbocycles. The Hall–Kier alpha value is -2.64. The van der Waals surface area contributed by atoms with Crippen molar-refractivity contribution in [2.75, 3.05) is 26.3 Å². The summed E-state index contributed by atoms with van der Waals surface area (Å²) >= 11 is 0. The van der Waals surface area contributed by atoms with Gasteiger partial charge < -0.3 is 20.0 Å². The minimum Gasteiger partial charge on any atom is -0.381 e. The number of unbranched alkanes of at least 4 members (excludes halogenated alkanes) is 1. The quantitative estimate of drug-likeness (QED) is 0.446. The van der Waals surface area contributed by atoms with Gasteiger partial charge in [0.1, 0.15) is 11.5 Å². The van der Waals surface area contributed by atoms with Gasteiger partial charge in [-0.15, -0.1) is 0 Å². The lowest BCUT2D eigenvalue weighted by molar-refractivity contribution is 0.0586. The number of fused-ring (bicyclic) bond motifs is 2. The lowest BCUT2D eigenvalue weighted by Gasteiger charge is -2.31. The molecule has 35 heavy (non-hydrogen) atoms. The van der Waals surface area contributed by atoms with E-state index in [1.54, 1.807) is 0 Å². The minimum atomic E-state index is -0.406. The number of amides is 1. The second-order valence-corrected chi connectivity index (χ2v) is 10.3. The molecule has 7 heteroatoms. The fraction of sp³-hybridized carbons (Fsp3) is 0.571. The Balaban J connectivity index is 1.39. The average Bonchev–Trinajstić information content (AvgIpc) is 3.47. The molecule has 2 aliphatic rings. The van der Waals surface area contributed by atoms with Gasteiger partial charge in [0, 0.05) is 49.3 Å². The summed E-state index contributed by atoms with van der Waals surface area (Å²) in [4.78, 5) is 23.3. The Bertz CT molecular complexity index is 1140. The number of hydrogen-bond acceptors (Lipinski definition) is 4. The molecule has 5 rings (SSSR count). The van der Waals surface area contributed by atoms with E-state index in [1.165, 1.54) is 30.2 Å². The first-order valence-corrected chi connectivity index (χ1v) is 13.4.